The van der Waals surface area contributed by atoms with E-state index in [0.29, 0.717) is 43.8 Å². The van der Waals surface area contributed by atoms with Crippen molar-refractivity contribution < 1.29 is 14.3 Å². The van der Waals surface area contributed by atoms with E-state index in [1.54, 1.807) is 30.5 Å². The fraction of sp³-hybridized carbons (Fsp3) is 0.233. The van der Waals surface area contributed by atoms with Crippen LogP contribution in [-0.4, -0.2) is 29.5 Å². The molecule has 1 unspecified atom stereocenters. The van der Waals surface area contributed by atoms with Gasteiger partial charge in [0, 0.05) is 18.6 Å². The lowest BCUT2D eigenvalue weighted by atomic mass is 10.0. The van der Waals surface area contributed by atoms with Gasteiger partial charge in [0.05, 0.1) is 18.8 Å². The molecule has 0 saturated heterocycles. The van der Waals surface area contributed by atoms with E-state index < -0.39 is 11.5 Å². The topological polar surface area (TPSA) is 101 Å². The van der Waals surface area contributed by atoms with E-state index in [9.17, 15) is 14.4 Å². The molecule has 4 rings (SSSR count). The van der Waals surface area contributed by atoms with Crippen LogP contribution in [0.25, 0.3) is 5.52 Å². The van der Waals surface area contributed by atoms with E-state index in [-0.39, 0.29) is 17.6 Å². The number of amides is 3. The van der Waals surface area contributed by atoms with Crippen LogP contribution < -0.4 is 26.2 Å². The minimum absolute atomic E-state index is 0.0692. The van der Waals surface area contributed by atoms with Crippen LogP contribution in [0.1, 0.15) is 47.3 Å². The maximum atomic E-state index is 13.1. The fourth-order valence-electron chi connectivity index (χ4n) is 4.08. The Balaban J connectivity index is 1.30. The molecule has 0 spiro atoms. The lowest BCUT2D eigenvalue weighted by Gasteiger charge is -2.17. The van der Waals surface area contributed by atoms with Crippen LogP contribution in [0.5, 0.6) is 5.75 Å². The van der Waals surface area contributed by atoms with Crippen molar-refractivity contribution in [3.8, 4) is 5.75 Å². The van der Waals surface area contributed by atoms with Gasteiger partial charge in [-0.2, -0.15) is 0 Å². The fourth-order valence-corrected chi connectivity index (χ4v) is 4.08. The van der Waals surface area contributed by atoms with Gasteiger partial charge in [-0.05, 0) is 48.2 Å². The molecule has 0 aliphatic heterocycles. The molecule has 196 valence electrons. The quantitative estimate of drug-likeness (QED) is 0.259. The van der Waals surface area contributed by atoms with Crippen molar-refractivity contribution in [1.82, 2.24) is 20.4 Å². The monoisotopic (exact) mass is 512 g/mol. The summed E-state index contributed by atoms with van der Waals surface area (Å²) in [5, 5.41) is 8.58. The summed E-state index contributed by atoms with van der Waals surface area (Å²) in [6.07, 6.45) is 2.88. The lowest BCUT2D eigenvalue weighted by Crippen LogP contribution is -2.36. The molecular formula is C30H32N4O4. The Morgan fingerprint density at radius 3 is 2.34 bits per heavy atom. The third-order valence-corrected chi connectivity index (χ3v) is 6.15. The molecule has 3 N–H and O–H groups in total. The van der Waals surface area contributed by atoms with Crippen LogP contribution in [0, 0.1) is 0 Å². The van der Waals surface area contributed by atoms with Crippen molar-refractivity contribution in [2.45, 2.75) is 32.4 Å². The Hall–Kier alpha value is -4.59. The smallest absolute Gasteiger partial charge is 0.315 e. The molecule has 8 heteroatoms. The van der Waals surface area contributed by atoms with Crippen LogP contribution in [0.15, 0.2) is 95.9 Å². The second-order valence-corrected chi connectivity index (χ2v) is 8.85. The van der Waals surface area contributed by atoms with E-state index in [2.05, 4.69) is 16.0 Å². The van der Waals surface area contributed by atoms with Gasteiger partial charge in [-0.25, -0.2) is 4.79 Å². The van der Waals surface area contributed by atoms with Crippen LogP contribution in [0.3, 0.4) is 0 Å². The lowest BCUT2D eigenvalue weighted by molar-refractivity contribution is 0.0934. The van der Waals surface area contributed by atoms with Gasteiger partial charge in [-0.1, -0.05) is 67.6 Å². The highest BCUT2D eigenvalue weighted by Gasteiger charge is 2.17. The van der Waals surface area contributed by atoms with E-state index >= 15 is 0 Å². The first-order valence-corrected chi connectivity index (χ1v) is 12.7. The van der Waals surface area contributed by atoms with Gasteiger partial charge in [0.1, 0.15) is 11.3 Å². The van der Waals surface area contributed by atoms with Crippen molar-refractivity contribution in [1.29, 1.82) is 0 Å². The molecule has 0 aliphatic rings. The molecule has 0 aliphatic carbocycles. The highest BCUT2D eigenvalue weighted by atomic mass is 16.5. The number of carbonyl (C=O) groups excluding carboxylic acids is 2. The number of hydrogen-bond donors (Lipinski definition) is 3. The van der Waals surface area contributed by atoms with E-state index in [1.165, 1.54) is 4.40 Å². The summed E-state index contributed by atoms with van der Waals surface area (Å²) in [4.78, 5) is 38.1. The molecule has 0 radical (unpaired) electrons. The zero-order valence-electron chi connectivity index (χ0n) is 21.4. The highest BCUT2D eigenvalue weighted by Crippen LogP contribution is 2.17. The minimum atomic E-state index is -0.414. The molecular weight excluding hydrogens is 480 g/mol. The summed E-state index contributed by atoms with van der Waals surface area (Å²) in [5.74, 6) is 0.0875. The second kappa shape index (κ2) is 13.1. The van der Waals surface area contributed by atoms with Gasteiger partial charge in [0.25, 0.3) is 11.5 Å². The number of hydrogen-bond acceptors (Lipinski definition) is 4. The van der Waals surface area contributed by atoms with Crippen molar-refractivity contribution in [2.24, 2.45) is 0 Å². The first-order chi connectivity index (χ1) is 18.5. The van der Waals surface area contributed by atoms with E-state index in [4.69, 9.17) is 4.74 Å². The number of nitrogens with one attached hydrogen (secondary N) is 3. The normalized spacial score (nSPS) is 11.5. The number of pyridine rings is 2. The number of ether oxygens (including phenoxy) is 1. The molecule has 0 saturated carbocycles. The summed E-state index contributed by atoms with van der Waals surface area (Å²) >= 11 is 0. The van der Waals surface area contributed by atoms with Crippen LogP contribution in [-0.2, 0) is 6.54 Å². The van der Waals surface area contributed by atoms with Crippen molar-refractivity contribution in [3.05, 3.63) is 118 Å². The van der Waals surface area contributed by atoms with Gasteiger partial charge in [-0.3, -0.25) is 14.0 Å². The van der Waals surface area contributed by atoms with E-state index in [1.807, 2.05) is 67.6 Å². The predicted octanol–water partition coefficient (Wildman–Crippen LogP) is 4.45. The molecule has 0 bridgehead atoms. The second-order valence-electron chi connectivity index (χ2n) is 8.85. The number of aromatic nitrogens is 1. The summed E-state index contributed by atoms with van der Waals surface area (Å²) < 4.78 is 7.21. The van der Waals surface area contributed by atoms with Crippen LogP contribution in [0.2, 0.25) is 0 Å². The van der Waals surface area contributed by atoms with Crippen LogP contribution >= 0.6 is 0 Å². The molecule has 1 atom stereocenters. The molecule has 4 aromatic rings. The number of urea groups is 1. The molecule has 0 fully saturated rings. The summed E-state index contributed by atoms with van der Waals surface area (Å²) in [7, 11) is 0. The molecule has 2 aromatic heterocycles. The van der Waals surface area contributed by atoms with Crippen molar-refractivity contribution in [3.63, 3.8) is 0 Å². The number of fused-ring (bicyclic) bond motifs is 1. The van der Waals surface area contributed by atoms with Gasteiger partial charge < -0.3 is 20.7 Å². The van der Waals surface area contributed by atoms with Gasteiger partial charge in [0.15, 0.2) is 0 Å². The highest BCUT2D eigenvalue weighted by molar-refractivity contribution is 5.94. The molecule has 38 heavy (non-hydrogen) atoms. The first kappa shape index (κ1) is 26.5. The largest absolute Gasteiger partial charge is 0.492 e. The molecule has 2 aromatic carbocycles. The Morgan fingerprint density at radius 2 is 1.61 bits per heavy atom. The Labute approximate surface area is 221 Å². The summed E-state index contributed by atoms with van der Waals surface area (Å²) in [6.45, 7) is 3.25. The number of rotatable bonds is 11. The summed E-state index contributed by atoms with van der Waals surface area (Å²) in [5.41, 5.74) is 2.33. The van der Waals surface area contributed by atoms with E-state index in [0.717, 1.165) is 11.1 Å². The molecule has 3 amide bonds. The zero-order chi connectivity index (χ0) is 26.7. The minimum Gasteiger partial charge on any atom is -0.492 e. The summed E-state index contributed by atoms with van der Waals surface area (Å²) in [6, 6.07) is 25.8. The third kappa shape index (κ3) is 7.00. The zero-order valence-corrected chi connectivity index (χ0v) is 21.4. The Bertz CT molecular complexity index is 1420. The van der Waals surface area contributed by atoms with Gasteiger partial charge in [0.2, 0.25) is 0 Å². The van der Waals surface area contributed by atoms with Gasteiger partial charge >= 0.3 is 6.03 Å². The average Bonchev–Trinajstić information content (AvgIpc) is 2.96. The van der Waals surface area contributed by atoms with Crippen molar-refractivity contribution in [2.75, 3.05) is 13.2 Å². The van der Waals surface area contributed by atoms with Crippen LogP contribution in [0.4, 0.5) is 4.79 Å². The maximum Gasteiger partial charge on any atom is 0.315 e. The molecule has 2 heterocycles. The standard InChI is InChI=1S/C30H32N4O4/c1-2-27(23-12-7-4-8-13-23)33-28(35)26-17-15-24-14-16-25(21-34(24)29(26)36)38-19-9-18-31-30(37)32-20-22-10-5-3-6-11-22/h3-8,10-17,21,27H,2,9,18-20H2,1H3,(H,33,35)(H2,31,32,37). The third-order valence-electron chi connectivity index (χ3n) is 6.15. The number of carbonyl (C=O) groups is 2. The molecule has 8 nitrogen and oxygen atoms in total. The Kier molecular flexibility index (Phi) is 9.12. The first-order valence-electron chi connectivity index (χ1n) is 12.7. The number of nitrogens with zero attached hydrogens (tertiary/aromatic N) is 1. The van der Waals surface area contributed by atoms with Gasteiger partial charge in [-0.15, -0.1) is 0 Å². The average molecular weight is 513 g/mol. The Morgan fingerprint density at radius 1 is 0.895 bits per heavy atom. The maximum absolute atomic E-state index is 13.1. The number of benzene rings is 2. The van der Waals surface area contributed by atoms with Crippen molar-refractivity contribution >= 4 is 17.5 Å². The SMILES string of the molecule is CCC(NC(=O)c1ccc2ccc(OCCCNC(=O)NCc3ccccc3)cn2c1=O)c1ccccc1. The predicted molar refractivity (Wildman–Crippen MR) is 147 cm³/mol.